The summed E-state index contributed by atoms with van der Waals surface area (Å²) in [5.41, 5.74) is 4.91. The number of hydrogen-bond donors (Lipinski definition) is 0. The molecule has 7 rings (SSSR count). The average Bonchev–Trinajstić information content (AvgIpc) is 3.37. The molecule has 0 radical (unpaired) electrons. The molecule has 1 atom stereocenters. The van der Waals surface area contributed by atoms with Crippen LogP contribution in [0.15, 0.2) is 72.9 Å². The van der Waals surface area contributed by atoms with Crippen LogP contribution in [0.3, 0.4) is 0 Å². The van der Waals surface area contributed by atoms with Crippen LogP contribution in [-0.4, -0.2) is 61.8 Å². The van der Waals surface area contributed by atoms with E-state index in [1.54, 1.807) is 0 Å². The molecule has 0 unspecified atom stereocenters. The Hall–Kier alpha value is -4.34. The van der Waals surface area contributed by atoms with Gasteiger partial charge in [0.2, 0.25) is 5.88 Å². The van der Waals surface area contributed by atoms with Crippen LogP contribution in [0.25, 0.3) is 21.9 Å². The van der Waals surface area contributed by atoms with Crippen molar-refractivity contribution in [2.24, 2.45) is 0 Å². The molecule has 9 nitrogen and oxygen atoms in total. The van der Waals surface area contributed by atoms with E-state index in [2.05, 4.69) is 32.7 Å². The van der Waals surface area contributed by atoms with Crippen LogP contribution in [0.4, 0.5) is 0 Å². The summed E-state index contributed by atoms with van der Waals surface area (Å²) >= 11 is 0. The molecule has 2 fully saturated rings. The highest BCUT2D eigenvalue weighted by Gasteiger charge is 2.27. The Kier molecular flexibility index (Phi) is 8.44. The number of piperidine rings is 1. The topological polar surface area (TPSA) is 91.6 Å². The zero-order valence-electron chi connectivity index (χ0n) is 26.8. The number of carbonyl (C=O) groups is 1. The zero-order chi connectivity index (χ0) is 31.7. The quantitative estimate of drug-likeness (QED) is 0.169. The molecular formula is C37H41N5O4. The molecule has 2 aliphatic heterocycles. The third kappa shape index (κ3) is 6.90. The number of para-hydroxylation sites is 1. The molecule has 0 bridgehead atoms. The largest absolute Gasteiger partial charge is 0.473 e. The maximum Gasteiger partial charge on any atom is 0.338 e. The Labute approximate surface area is 269 Å². The predicted molar refractivity (Wildman–Crippen MR) is 177 cm³/mol. The number of nitrogens with zero attached hydrogens (tertiary/aromatic N) is 5. The van der Waals surface area contributed by atoms with Gasteiger partial charge in [-0.3, -0.25) is 9.88 Å². The summed E-state index contributed by atoms with van der Waals surface area (Å²) < 4.78 is 19.8. The maximum atomic E-state index is 12.8. The van der Waals surface area contributed by atoms with Gasteiger partial charge >= 0.3 is 5.97 Å². The van der Waals surface area contributed by atoms with Gasteiger partial charge in [-0.2, -0.15) is 0 Å². The summed E-state index contributed by atoms with van der Waals surface area (Å²) in [6.45, 7) is 10.2. The lowest BCUT2D eigenvalue weighted by atomic mass is 9.93. The Morgan fingerprint density at radius 1 is 0.957 bits per heavy atom. The zero-order valence-corrected chi connectivity index (χ0v) is 26.8. The van der Waals surface area contributed by atoms with Crippen LogP contribution in [0.1, 0.15) is 73.4 Å². The van der Waals surface area contributed by atoms with Gasteiger partial charge in [0.25, 0.3) is 0 Å². The van der Waals surface area contributed by atoms with Crippen molar-refractivity contribution in [3.05, 3.63) is 95.6 Å². The van der Waals surface area contributed by atoms with Crippen molar-refractivity contribution in [3.63, 3.8) is 0 Å². The van der Waals surface area contributed by atoms with Gasteiger partial charge in [-0.1, -0.05) is 24.3 Å². The van der Waals surface area contributed by atoms with Gasteiger partial charge in [0.15, 0.2) is 0 Å². The molecule has 2 saturated heterocycles. The Morgan fingerprint density at radius 3 is 2.57 bits per heavy atom. The third-order valence-corrected chi connectivity index (χ3v) is 8.79. The standard InChI is InChI=1S/C37H41N5O4/c1-37(2,3)46-36(43)28-11-12-32-33(20-28)42(22-29-15-18-44-29)34(39-32)23-41-16-13-26(14-17-41)31-9-6-10-35(40-31)45-24-25-19-27-7-4-5-8-30(27)38-21-25/h4-12,19-21,26,29H,13-18,22-24H2,1-3H3/t29-/m0/s1. The number of likely N-dealkylation sites (tertiary alicyclic amines) is 1. The van der Waals surface area contributed by atoms with Crippen molar-refractivity contribution in [1.82, 2.24) is 24.4 Å². The number of hydrogen-bond acceptors (Lipinski definition) is 8. The lowest BCUT2D eigenvalue weighted by Gasteiger charge is -2.32. The number of carbonyl (C=O) groups excluding carboxylic acids is 1. The summed E-state index contributed by atoms with van der Waals surface area (Å²) in [6, 6.07) is 22.0. The van der Waals surface area contributed by atoms with Gasteiger partial charge in [-0.05, 0) is 89.5 Å². The van der Waals surface area contributed by atoms with Crippen molar-refractivity contribution in [3.8, 4) is 5.88 Å². The number of ether oxygens (including phenoxy) is 3. The van der Waals surface area contributed by atoms with Crippen LogP contribution in [0.5, 0.6) is 5.88 Å². The van der Waals surface area contributed by atoms with Crippen LogP contribution >= 0.6 is 0 Å². The maximum absolute atomic E-state index is 12.8. The van der Waals surface area contributed by atoms with Crippen LogP contribution in [0.2, 0.25) is 0 Å². The highest BCUT2D eigenvalue weighted by molar-refractivity contribution is 5.94. The first-order valence-corrected chi connectivity index (χ1v) is 16.3. The minimum atomic E-state index is -0.553. The van der Waals surface area contributed by atoms with E-state index in [9.17, 15) is 4.79 Å². The van der Waals surface area contributed by atoms with Crippen LogP contribution < -0.4 is 4.74 Å². The Balaban J connectivity index is 1.00. The van der Waals surface area contributed by atoms with Gasteiger partial charge in [0.05, 0.1) is 41.3 Å². The fourth-order valence-electron chi connectivity index (χ4n) is 6.27. The lowest BCUT2D eigenvalue weighted by Crippen LogP contribution is -2.35. The van der Waals surface area contributed by atoms with Crippen molar-refractivity contribution in [2.45, 2.75) is 77.4 Å². The van der Waals surface area contributed by atoms with Gasteiger partial charge in [0, 0.05) is 41.4 Å². The SMILES string of the molecule is CC(C)(C)OC(=O)c1ccc2nc(CN3CCC(c4cccc(OCc5cnc6ccccc6c5)n4)CC3)n(C[C@@H]3CCO3)c2c1. The molecule has 46 heavy (non-hydrogen) atoms. The molecule has 5 heterocycles. The monoisotopic (exact) mass is 619 g/mol. The van der Waals surface area contributed by atoms with Gasteiger partial charge < -0.3 is 18.8 Å². The van der Waals surface area contributed by atoms with Crippen LogP contribution in [-0.2, 0) is 29.2 Å². The number of esters is 1. The Morgan fingerprint density at radius 2 is 1.78 bits per heavy atom. The van der Waals surface area contributed by atoms with Crippen molar-refractivity contribution < 1.29 is 19.0 Å². The summed E-state index contributed by atoms with van der Waals surface area (Å²) in [6.07, 6.45) is 5.10. The van der Waals surface area contributed by atoms with E-state index >= 15 is 0 Å². The number of rotatable bonds is 9. The third-order valence-electron chi connectivity index (χ3n) is 8.79. The normalized spacial score (nSPS) is 17.7. The first-order chi connectivity index (χ1) is 22.3. The molecule has 0 saturated carbocycles. The second kappa shape index (κ2) is 12.8. The second-order valence-electron chi connectivity index (χ2n) is 13.4. The number of aromatic nitrogens is 4. The minimum Gasteiger partial charge on any atom is -0.473 e. The smallest absolute Gasteiger partial charge is 0.338 e. The molecule has 3 aromatic heterocycles. The van der Waals surface area contributed by atoms with E-state index in [1.807, 2.05) is 75.5 Å². The average molecular weight is 620 g/mol. The number of fused-ring (bicyclic) bond motifs is 2. The number of pyridine rings is 2. The fraction of sp³-hybridized carbons (Fsp3) is 0.405. The molecule has 2 aliphatic rings. The molecule has 0 N–H and O–H groups in total. The molecule has 0 amide bonds. The van der Waals surface area contributed by atoms with Crippen molar-refractivity contribution in [1.29, 1.82) is 0 Å². The fourth-order valence-corrected chi connectivity index (χ4v) is 6.27. The van der Waals surface area contributed by atoms with Gasteiger partial charge in [-0.25, -0.2) is 14.8 Å². The van der Waals surface area contributed by atoms with E-state index in [0.29, 0.717) is 24.0 Å². The van der Waals surface area contributed by atoms with Gasteiger partial charge in [0.1, 0.15) is 18.0 Å². The first-order valence-electron chi connectivity index (χ1n) is 16.3. The molecule has 0 aliphatic carbocycles. The van der Waals surface area contributed by atoms with E-state index in [0.717, 1.165) is 91.1 Å². The molecular weight excluding hydrogens is 578 g/mol. The first kappa shape index (κ1) is 30.3. The van der Waals surface area contributed by atoms with Crippen molar-refractivity contribution >= 4 is 27.9 Å². The molecule has 5 aromatic rings. The highest BCUT2D eigenvalue weighted by atomic mass is 16.6. The predicted octanol–water partition coefficient (Wildman–Crippen LogP) is 6.68. The molecule has 238 valence electrons. The number of imidazole rings is 1. The van der Waals surface area contributed by atoms with E-state index in [4.69, 9.17) is 24.2 Å². The van der Waals surface area contributed by atoms with E-state index < -0.39 is 5.60 Å². The molecule has 9 heteroatoms. The minimum absolute atomic E-state index is 0.171. The lowest BCUT2D eigenvalue weighted by molar-refractivity contribution is -0.0592. The summed E-state index contributed by atoms with van der Waals surface area (Å²) in [4.78, 5) is 29.8. The van der Waals surface area contributed by atoms with Gasteiger partial charge in [-0.15, -0.1) is 0 Å². The Bertz CT molecular complexity index is 1850. The number of benzene rings is 2. The van der Waals surface area contributed by atoms with E-state index in [1.165, 1.54) is 0 Å². The molecule has 0 spiro atoms. The second-order valence-corrected chi connectivity index (χ2v) is 13.4. The summed E-state index contributed by atoms with van der Waals surface area (Å²) in [5.74, 6) is 1.70. The highest BCUT2D eigenvalue weighted by Crippen LogP contribution is 2.30. The van der Waals surface area contributed by atoms with Crippen molar-refractivity contribution in [2.75, 3.05) is 19.7 Å². The molecule has 2 aromatic carbocycles. The van der Waals surface area contributed by atoms with Crippen LogP contribution in [0, 0.1) is 0 Å². The summed E-state index contributed by atoms with van der Waals surface area (Å²) in [7, 11) is 0. The summed E-state index contributed by atoms with van der Waals surface area (Å²) in [5, 5.41) is 1.11. The van der Waals surface area contributed by atoms with E-state index in [-0.39, 0.29) is 12.1 Å².